The second-order valence-electron chi connectivity index (χ2n) is 4.11. The van der Waals surface area contributed by atoms with Crippen LogP contribution in [0.1, 0.15) is 51.9 Å². The summed E-state index contributed by atoms with van der Waals surface area (Å²) in [6.07, 6.45) is 6.36. The molecule has 1 atom stereocenters. The molecule has 0 aliphatic heterocycles. The monoisotopic (exact) mass is 234 g/mol. The number of aliphatic hydroxyl groups is 2. The maximum Gasteiger partial charge on any atom is 0.307 e. The number of rotatable bonds is 10. The molecule has 0 spiro atoms. The number of aliphatic hydroxyl groups excluding tert-OH is 1. The highest BCUT2D eigenvalue weighted by atomic mass is 16.8. The van der Waals surface area contributed by atoms with E-state index in [1.807, 2.05) is 0 Å². The van der Waals surface area contributed by atoms with Crippen LogP contribution in [-0.2, 0) is 9.47 Å². The number of unbranched alkanes of at least 4 members (excludes halogenated alkanes) is 5. The van der Waals surface area contributed by atoms with Crippen LogP contribution in [0.25, 0.3) is 0 Å². The van der Waals surface area contributed by atoms with E-state index in [0.717, 1.165) is 12.8 Å². The molecule has 0 aliphatic carbocycles. The van der Waals surface area contributed by atoms with Crippen molar-refractivity contribution in [1.82, 2.24) is 0 Å². The van der Waals surface area contributed by atoms with Crippen molar-refractivity contribution in [3.63, 3.8) is 0 Å². The zero-order valence-electron chi connectivity index (χ0n) is 10.7. The van der Waals surface area contributed by atoms with E-state index in [1.165, 1.54) is 39.9 Å². The van der Waals surface area contributed by atoms with Gasteiger partial charge >= 0.3 is 5.97 Å². The van der Waals surface area contributed by atoms with Crippen LogP contribution < -0.4 is 0 Å². The summed E-state index contributed by atoms with van der Waals surface area (Å²) in [4.78, 5) is 0. The molecule has 16 heavy (non-hydrogen) atoms. The molecular formula is C12H26O4. The highest BCUT2D eigenvalue weighted by Gasteiger charge is 2.35. The third kappa shape index (κ3) is 5.80. The van der Waals surface area contributed by atoms with Gasteiger partial charge < -0.3 is 19.7 Å². The van der Waals surface area contributed by atoms with Gasteiger partial charge in [-0.2, -0.15) is 0 Å². The van der Waals surface area contributed by atoms with Crippen molar-refractivity contribution in [3.05, 3.63) is 0 Å². The van der Waals surface area contributed by atoms with Gasteiger partial charge in [0.2, 0.25) is 0 Å². The van der Waals surface area contributed by atoms with E-state index in [0.29, 0.717) is 6.42 Å². The molecule has 0 amide bonds. The van der Waals surface area contributed by atoms with Crippen LogP contribution in [0.5, 0.6) is 0 Å². The Bertz CT molecular complexity index is 157. The minimum atomic E-state index is -1.86. The molecule has 0 fully saturated rings. The molecule has 0 aromatic carbocycles. The van der Waals surface area contributed by atoms with Crippen LogP contribution >= 0.6 is 0 Å². The van der Waals surface area contributed by atoms with Crippen molar-refractivity contribution in [2.45, 2.75) is 63.9 Å². The van der Waals surface area contributed by atoms with E-state index in [4.69, 9.17) is 9.47 Å². The van der Waals surface area contributed by atoms with E-state index < -0.39 is 12.1 Å². The van der Waals surface area contributed by atoms with Gasteiger partial charge in [0, 0.05) is 14.2 Å². The maximum atomic E-state index is 9.67. The summed E-state index contributed by atoms with van der Waals surface area (Å²) in [6, 6.07) is 0. The normalized spacial score (nSPS) is 14.1. The first-order chi connectivity index (χ1) is 7.60. The summed E-state index contributed by atoms with van der Waals surface area (Å²) in [5, 5.41) is 19.3. The lowest BCUT2D eigenvalue weighted by Gasteiger charge is -2.29. The lowest BCUT2D eigenvalue weighted by Crippen LogP contribution is -2.45. The van der Waals surface area contributed by atoms with Gasteiger partial charge in [-0.05, 0) is 6.42 Å². The Labute approximate surface area is 98.6 Å². The Morgan fingerprint density at radius 3 is 2.00 bits per heavy atom. The second-order valence-corrected chi connectivity index (χ2v) is 4.11. The molecule has 4 heteroatoms. The predicted molar refractivity (Wildman–Crippen MR) is 63.0 cm³/mol. The van der Waals surface area contributed by atoms with E-state index in [-0.39, 0.29) is 0 Å². The summed E-state index contributed by atoms with van der Waals surface area (Å²) >= 11 is 0. The Morgan fingerprint density at radius 1 is 1.00 bits per heavy atom. The third-order valence-corrected chi connectivity index (χ3v) is 2.84. The third-order valence-electron chi connectivity index (χ3n) is 2.84. The quantitative estimate of drug-likeness (QED) is 0.448. The molecule has 0 rings (SSSR count). The van der Waals surface area contributed by atoms with Crippen molar-refractivity contribution in [2.24, 2.45) is 0 Å². The van der Waals surface area contributed by atoms with Crippen LogP contribution in [0.15, 0.2) is 0 Å². The van der Waals surface area contributed by atoms with Gasteiger partial charge in [0.25, 0.3) is 0 Å². The molecule has 4 nitrogen and oxygen atoms in total. The summed E-state index contributed by atoms with van der Waals surface area (Å²) < 4.78 is 9.46. The molecule has 1 unspecified atom stereocenters. The molecule has 2 N–H and O–H groups in total. The largest absolute Gasteiger partial charge is 0.385 e. The van der Waals surface area contributed by atoms with Gasteiger partial charge in [-0.3, -0.25) is 0 Å². The highest BCUT2D eigenvalue weighted by molar-refractivity contribution is 4.66. The molecule has 0 saturated heterocycles. The van der Waals surface area contributed by atoms with Crippen LogP contribution in [0.4, 0.5) is 0 Å². The maximum absolute atomic E-state index is 9.67. The lowest BCUT2D eigenvalue weighted by atomic mass is 10.1. The van der Waals surface area contributed by atoms with Crippen molar-refractivity contribution in [3.8, 4) is 0 Å². The summed E-state index contributed by atoms with van der Waals surface area (Å²) in [5.74, 6) is -1.86. The van der Waals surface area contributed by atoms with E-state index in [2.05, 4.69) is 6.92 Å². The summed E-state index contributed by atoms with van der Waals surface area (Å²) in [5.41, 5.74) is 0. The predicted octanol–water partition coefficient (Wildman–Crippen LogP) is 2.04. The zero-order valence-corrected chi connectivity index (χ0v) is 10.7. The van der Waals surface area contributed by atoms with E-state index >= 15 is 0 Å². The van der Waals surface area contributed by atoms with Crippen LogP contribution in [0, 0.1) is 0 Å². The van der Waals surface area contributed by atoms with Gasteiger partial charge in [-0.25, -0.2) is 0 Å². The lowest BCUT2D eigenvalue weighted by molar-refractivity contribution is -0.378. The molecule has 0 aliphatic rings. The van der Waals surface area contributed by atoms with E-state index in [1.54, 1.807) is 0 Å². The Hall–Kier alpha value is -0.160. The standard InChI is InChI=1S/C12H26O4/c1-4-5-6-7-8-9-10-11(13)12(14,15-2)16-3/h11,13-14H,4-10H2,1-3H3. The fourth-order valence-corrected chi connectivity index (χ4v) is 1.66. The second kappa shape index (κ2) is 8.93. The SMILES string of the molecule is CCCCCCCCC(O)C(O)(OC)OC. The molecule has 0 aromatic rings. The van der Waals surface area contributed by atoms with Crippen molar-refractivity contribution in [2.75, 3.05) is 14.2 Å². The smallest absolute Gasteiger partial charge is 0.307 e. The zero-order chi connectivity index (χ0) is 12.4. The van der Waals surface area contributed by atoms with Crippen molar-refractivity contribution in [1.29, 1.82) is 0 Å². The average molecular weight is 234 g/mol. The molecule has 0 saturated carbocycles. The summed E-state index contributed by atoms with van der Waals surface area (Å²) in [6.45, 7) is 2.18. The first kappa shape index (κ1) is 15.8. The average Bonchev–Trinajstić information content (AvgIpc) is 2.32. The number of methoxy groups -OCH3 is 2. The molecule has 0 radical (unpaired) electrons. The molecular weight excluding hydrogens is 208 g/mol. The number of hydrogen-bond acceptors (Lipinski definition) is 4. The van der Waals surface area contributed by atoms with Gasteiger partial charge in [0.05, 0.1) is 0 Å². The van der Waals surface area contributed by atoms with Crippen molar-refractivity contribution < 1.29 is 19.7 Å². The first-order valence-electron chi connectivity index (χ1n) is 6.11. The molecule has 0 bridgehead atoms. The Morgan fingerprint density at radius 2 is 1.50 bits per heavy atom. The number of hydrogen-bond donors (Lipinski definition) is 2. The van der Waals surface area contributed by atoms with Gasteiger partial charge in [0.1, 0.15) is 6.10 Å². The molecule has 0 heterocycles. The topological polar surface area (TPSA) is 58.9 Å². The Kier molecular flexibility index (Phi) is 8.84. The van der Waals surface area contributed by atoms with Crippen LogP contribution in [0.3, 0.4) is 0 Å². The van der Waals surface area contributed by atoms with Gasteiger partial charge in [-0.15, -0.1) is 0 Å². The van der Waals surface area contributed by atoms with Gasteiger partial charge in [-0.1, -0.05) is 45.4 Å². The van der Waals surface area contributed by atoms with Gasteiger partial charge in [0.15, 0.2) is 0 Å². The fraction of sp³-hybridized carbons (Fsp3) is 1.00. The van der Waals surface area contributed by atoms with Crippen LogP contribution in [0.2, 0.25) is 0 Å². The first-order valence-corrected chi connectivity index (χ1v) is 6.11. The highest BCUT2D eigenvalue weighted by Crippen LogP contribution is 2.18. The molecule has 98 valence electrons. The minimum Gasteiger partial charge on any atom is -0.385 e. The Balaban J connectivity index is 3.60. The van der Waals surface area contributed by atoms with E-state index in [9.17, 15) is 10.2 Å². The fourth-order valence-electron chi connectivity index (χ4n) is 1.66. The minimum absolute atomic E-state index is 0.490. The molecule has 0 aromatic heterocycles. The van der Waals surface area contributed by atoms with Crippen LogP contribution in [-0.4, -0.2) is 36.5 Å². The summed E-state index contributed by atoms with van der Waals surface area (Å²) in [7, 11) is 2.63. The number of ether oxygens (including phenoxy) is 2. The van der Waals surface area contributed by atoms with Crippen molar-refractivity contribution >= 4 is 0 Å².